The largest absolute Gasteiger partial charge is 0.474 e. The summed E-state index contributed by atoms with van der Waals surface area (Å²) in [6.07, 6.45) is 6.25. The third kappa shape index (κ3) is 6.77. The summed E-state index contributed by atoms with van der Waals surface area (Å²) in [5, 5.41) is 18.3. The van der Waals surface area contributed by atoms with Crippen LogP contribution in [-0.2, 0) is 23.0 Å². The number of aromatic nitrogens is 7. The molecule has 2 aliphatic rings. The molecule has 1 saturated carbocycles. The molecule has 0 aromatic carbocycles. The number of H-pyrrole nitrogens is 1. The van der Waals surface area contributed by atoms with Crippen molar-refractivity contribution in [1.29, 1.82) is 5.26 Å². The number of rotatable bonds is 12. The van der Waals surface area contributed by atoms with Crippen LogP contribution in [0.3, 0.4) is 0 Å². The third-order valence-electron chi connectivity index (χ3n) is 8.56. The Balaban J connectivity index is 1.06. The number of aromatic amines is 1. The average molecular weight is 625 g/mol. The maximum atomic E-state index is 13.5. The van der Waals surface area contributed by atoms with Crippen LogP contribution in [0.5, 0.6) is 5.88 Å². The molecule has 1 saturated heterocycles. The molecule has 1 aliphatic carbocycles. The van der Waals surface area contributed by atoms with E-state index in [1.165, 1.54) is 12.4 Å². The van der Waals surface area contributed by atoms with Crippen molar-refractivity contribution in [2.75, 3.05) is 33.4 Å². The van der Waals surface area contributed by atoms with Gasteiger partial charge in [-0.3, -0.25) is 9.58 Å². The SMILES string of the molecule is COCCCNCc1cc(O[C@H]2CC[C@@H](N3CC(CC#N)(n4cc(-c5ncnc6[nH]ccc56)cn4)C3)CC2)nc(C(F)(F)F)n1. The number of alkyl halides is 3. The Hall–Kier alpha value is -4.13. The standard InChI is InChI=1S/C30H35F3N10O2/c1-44-12-2-10-35-15-21-13-25(41-28(40-21)30(31,32)33)45-23-5-3-22(4-6-23)42-17-29(18-42,8-9-34)43-16-20(14-39-43)26-24-7-11-36-27(24)38-19-37-26/h7,11,13-14,16,19,22-23,35H,2-6,8,10,12,15,17-18H2,1H3,(H,36,37,38)/t22-,23+. The monoisotopic (exact) mass is 624 g/mol. The Kier molecular flexibility index (Phi) is 8.97. The molecule has 45 heavy (non-hydrogen) atoms. The van der Waals surface area contributed by atoms with E-state index in [1.807, 2.05) is 23.1 Å². The molecule has 5 heterocycles. The first kappa shape index (κ1) is 30.9. The highest BCUT2D eigenvalue weighted by Crippen LogP contribution is 2.39. The van der Waals surface area contributed by atoms with Gasteiger partial charge in [0, 0.05) is 68.8 Å². The Morgan fingerprint density at radius 1 is 1.18 bits per heavy atom. The van der Waals surface area contributed by atoms with Crippen molar-refractivity contribution in [3.05, 3.63) is 48.6 Å². The van der Waals surface area contributed by atoms with E-state index in [4.69, 9.17) is 9.47 Å². The van der Waals surface area contributed by atoms with Crippen LogP contribution in [0.25, 0.3) is 22.3 Å². The Bertz CT molecular complexity index is 1630. The Morgan fingerprint density at radius 2 is 2.00 bits per heavy atom. The molecule has 15 heteroatoms. The maximum absolute atomic E-state index is 13.5. The third-order valence-corrected chi connectivity index (χ3v) is 8.56. The number of hydrogen-bond donors (Lipinski definition) is 2. The lowest BCUT2D eigenvalue weighted by Crippen LogP contribution is -2.65. The molecule has 0 atom stereocenters. The van der Waals surface area contributed by atoms with Crippen LogP contribution >= 0.6 is 0 Å². The van der Waals surface area contributed by atoms with Gasteiger partial charge in [-0.15, -0.1) is 0 Å². The van der Waals surface area contributed by atoms with Gasteiger partial charge in [0.05, 0.1) is 30.1 Å². The van der Waals surface area contributed by atoms with Crippen LogP contribution in [0.4, 0.5) is 13.2 Å². The van der Waals surface area contributed by atoms with Gasteiger partial charge in [0.15, 0.2) is 0 Å². The summed E-state index contributed by atoms with van der Waals surface area (Å²) in [5.41, 5.74) is 2.19. The lowest BCUT2D eigenvalue weighted by molar-refractivity contribution is -0.145. The normalized spacial score (nSPS) is 20.2. The van der Waals surface area contributed by atoms with Crippen molar-refractivity contribution in [1.82, 2.24) is 44.9 Å². The summed E-state index contributed by atoms with van der Waals surface area (Å²) in [4.78, 5) is 21.6. The molecule has 0 amide bonds. The van der Waals surface area contributed by atoms with E-state index in [1.54, 1.807) is 13.3 Å². The van der Waals surface area contributed by atoms with Gasteiger partial charge in [-0.1, -0.05) is 0 Å². The molecule has 12 nitrogen and oxygen atoms in total. The van der Waals surface area contributed by atoms with Crippen molar-refractivity contribution in [3.8, 4) is 23.2 Å². The first-order valence-electron chi connectivity index (χ1n) is 15.0. The molecule has 0 unspecified atom stereocenters. The second-order valence-electron chi connectivity index (χ2n) is 11.7. The fourth-order valence-corrected chi connectivity index (χ4v) is 6.27. The van der Waals surface area contributed by atoms with E-state index in [9.17, 15) is 18.4 Å². The summed E-state index contributed by atoms with van der Waals surface area (Å²) < 4.78 is 53.5. The second-order valence-corrected chi connectivity index (χ2v) is 11.7. The van der Waals surface area contributed by atoms with E-state index >= 15 is 0 Å². The van der Waals surface area contributed by atoms with E-state index in [0.29, 0.717) is 45.5 Å². The Labute approximate surface area is 258 Å². The van der Waals surface area contributed by atoms with Crippen LogP contribution in [0, 0.1) is 11.3 Å². The van der Waals surface area contributed by atoms with Crippen LogP contribution in [-0.4, -0.2) is 85.1 Å². The zero-order valence-corrected chi connectivity index (χ0v) is 24.9. The van der Waals surface area contributed by atoms with Crippen molar-refractivity contribution in [3.63, 3.8) is 0 Å². The van der Waals surface area contributed by atoms with Crippen LogP contribution < -0.4 is 10.1 Å². The number of methoxy groups -OCH3 is 1. The smallest absolute Gasteiger partial charge is 0.451 e. The highest BCUT2D eigenvalue weighted by molar-refractivity contribution is 5.90. The van der Waals surface area contributed by atoms with E-state index in [2.05, 4.69) is 46.3 Å². The number of ether oxygens (including phenoxy) is 2. The minimum atomic E-state index is -4.67. The molecular weight excluding hydrogens is 589 g/mol. The average Bonchev–Trinajstić information content (AvgIpc) is 3.69. The van der Waals surface area contributed by atoms with Gasteiger partial charge in [-0.05, 0) is 44.7 Å². The van der Waals surface area contributed by atoms with Crippen molar-refractivity contribution in [2.24, 2.45) is 0 Å². The molecular formula is C30H35F3N10O2. The zero-order valence-electron chi connectivity index (χ0n) is 24.9. The van der Waals surface area contributed by atoms with Gasteiger partial charge in [0.2, 0.25) is 11.7 Å². The predicted molar refractivity (Wildman–Crippen MR) is 157 cm³/mol. The van der Waals surface area contributed by atoms with E-state index in [-0.39, 0.29) is 30.3 Å². The highest BCUT2D eigenvalue weighted by Gasteiger charge is 2.48. The quantitative estimate of drug-likeness (QED) is 0.222. The van der Waals surface area contributed by atoms with Gasteiger partial charge < -0.3 is 19.8 Å². The van der Waals surface area contributed by atoms with Crippen molar-refractivity contribution in [2.45, 2.75) is 68.9 Å². The fourth-order valence-electron chi connectivity index (χ4n) is 6.27. The number of fused-ring (bicyclic) bond motifs is 1. The Morgan fingerprint density at radius 3 is 2.76 bits per heavy atom. The molecule has 0 radical (unpaired) electrons. The predicted octanol–water partition coefficient (Wildman–Crippen LogP) is 4.07. The topological polar surface area (TPSA) is 143 Å². The molecule has 0 bridgehead atoms. The fraction of sp³-hybridized carbons (Fsp3) is 0.533. The number of hydrogen-bond acceptors (Lipinski definition) is 10. The van der Waals surface area contributed by atoms with Crippen LogP contribution in [0.2, 0.25) is 0 Å². The first-order valence-corrected chi connectivity index (χ1v) is 15.0. The van der Waals surface area contributed by atoms with Gasteiger partial charge >= 0.3 is 6.18 Å². The van der Waals surface area contributed by atoms with E-state index < -0.39 is 17.5 Å². The van der Waals surface area contributed by atoms with Crippen LogP contribution in [0.15, 0.2) is 37.1 Å². The molecule has 6 rings (SSSR count). The number of likely N-dealkylation sites (tertiary alicyclic amines) is 1. The van der Waals surface area contributed by atoms with Crippen molar-refractivity contribution < 1.29 is 22.6 Å². The van der Waals surface area contributed by atoms with Gasteiger partial charge in [0.25, 0.3) is 0 Å². The second kappa shape index (κ2) is 13.1. The number of nitrogens with zero attached hydrogens (tertiary/aromatic N) is 8. The zero-order chi connectivity index (χ0) is 31.4. The van der Waals surface area contributed by atoms with Gasteiger partial charge in [-0.2, -0.15) is 28.5 Å². The number of nitrogens with one attached hydrogen (secondary N) is 2. The van der Waals surface area contributed by atoms with E-state index in [0.717, 1.165) is 41.6 Å². The summed E-state index contributed by atoms with van der Waals surface area (Å²) >= 11 is 0. The molecule has 238 valence electrons. The van der Waals surface area contributed by atoms with Crippen LogP contribution in [0.1, 0.15) is 50.0 Å². The summed E-state index contributed by atoms with van der Waals surface area (Å²) in [6.45, 7) is 2.69. The summed E-state index contributed by atoms with van der Waals surface area (Å²) in [7, 11) is 1.60. The minimum Gasteiger partial charge on any atom is -0.474 e. The van der Waals surface area contributed by atoms with Crippen molar-refractivity contribution >= 4 is 11.0 Å². The molecule has 4 aromatic rings. The van der Waals surface area contributed by atoms with Gasteiger partial charge in [0.1, 0.15) is 23.6 Å². The molecule has 2 fully saturated rings. The number of halogens is 3. The molecule has 1 aliphatic heterocycles. The minimum absolute atomic E-state index is 0.0541. The highest BCUT2D eigenvalue weighted by atomic mass is 19.4. The molecule has 4 aromatic heterocycles. The molecule has 0 spiro atoms. The molecule has 2 N–H and O–H groups in total. The first-order chi connectivity index (χ1) is 21.8. The number of nitriles is 1. The lowest BCUT2D eigenvalue weighted by Gasteiger charge is -2.53. The van der Waals surface area contributed by atoms with Gasteiger partial charge in [-0.25, -0.2) is 15.0 Å². The summed E-state index contributed by atoms with van der Waals surface area (Å²) in [6, 6.07) is 6.04. The maximum Gasteiger partial charge on any atom is 0.451 e. The lowest BCUT2D eigenvalue weighted by atomic mass is 9.82. The summed E-state index contributed by atoms with van der Waals surface area (Å²) in [5.74, 6) is -1.25.